The van der Waals surface area contributed by atoms with Crippen molar-refractivity contribution in [1.82, 2.24) is 19.6 Å². The van der Waals surface area contributed by atoms with Gasteiger partial charge in [-0.05, 0) is 32.0 Å². The van der Waals surface area contributed by atoms with Crippen molar-refractivity contribution in [3.05, 3.63) is 36.7 Å². The SMILES string of the molecule is C[C@@H](N)COc1ccc2ncc(-c3cc4c(N5CCO[C@@H](C)C5)nccc4o3)n2n1. The molecule has 30 heavy (non-hydrogen) atoms. The molecule has 0 unspecified atom stereocenters. The molecule has 0 saturated carbocycles. The number of rotatable bonds is 5. The quantitative estimate of drug-likeness (QED) is 0.537. The van der Waals surface area contributed by atoms with Crippen LogP contribution in [0.5, 0.6) is 5.88 Å². The van der Waals surface area contributed by atoms with Crippen molar-refractivity contribution in [1.29, 1.82) is 0 Å². The molecule has 2 N–H and O–H groups in total. The molecular formula is C21H24N6O3. The van der Waals surface area contributed by atoms with Crippen molar-refractivity contribution in [2.24, 2.45) is 5.73 Å². The minimum Gasteiger partial charge on any atom is -0.475 e. The highest BCUT2D eigenvalue weighted by atomic mass is 16.5. The zero-order valence-electron chi connectivity index (χ0n) is 17.0. The minimum absolute atomic E-state index is 0.0750. The summed E-state index contributed by atoms with van der Waals surface area (Å²) in [5.74, 6) is 2.06. The number of nitrogens with two attached hydrogens (primary N) is 1. The number of nitrogens with zero attached hydrogens (tertiary/aromatic N) is 5. The van der Waals surface area contributed by atoms with Gasteiger partial charge in [0.1, 0.15) is 23.7 Å². The molecule has 2 atom stereocenters. The molecule has 0 aliphatic carbocycles. The molecule has 1 aliphatic rings. The number of hydrogen-bond donors (Lipinski definition) is 1. The Morgan fingerprint density at radius 1 is 1.30 bits per heavy atom. The van der Waals surface area contributed by atoms with E-state index in [9.17, 15) is 0 Å². The average molecular weight is 408 g/mol. The van der Waals surface area contributed by atoms with Crippen LogP contribution in [0.3, 0.4) is 0 Å². The number of anilines is 1. The Morgan fingerprint density at radius 2 is 2.20 bits per heavy atom. The van der Waals surface area contributed by atoms with Gasteiger partial charge in [0.05, 0.1) is 24.3 Å². The van der Waals surface area contributed by atoms with E-state index in [1.54, 1.807) is 23.0 Å². The van der Waals surface area contributed by atoms with Gasteiger partial charge in [0, 0.05) is 31.4 Å². The molecule has 1 saturated heterocycles. The van der Waals surface area contributed by atoms with Gasteiger partial charge in [-0.25, -0.2) is 14.5 Å². The summed E-state index contributed by atoms with van der Waals surface area (Å²) in [5, 5.41) is 5.51. The third kappa shape index (κ3) is 3.46. The minimum atomic E-state index is -0.0750. The second-order valence-electron chi connectivity index (χ2n) is 7.66. The summed E-state index contributed by atoms with van der Waals surface area (Å²) in [5.41, 5.74) is 8.00. The number of pyridine rings is 1. The van der Waals surface area contributed by atoms with Crippen LogP contribution in [0.4, 0.5) is 5.82 Å². The number of hydrogen-bond acceptors (Lipinski definition) is 8. The zero-order chi connectivity index (χ0) is 20.7. The Kier molecular flexibility index (Phi) is 4.76. The molecule has 0 amide bonds. The fraction of sp³-hybridized carbons (Fsp3) is 0.381. The standard InChI is InChI=1S/C21H24N6O3/c1-13(22)12-29-20-4-3-19-24-10-16(27(19)25-20)18-9-15-17(30-18)5-6-23-21(15)26-7-8-28-14(2)11-26/h3-6,9-10,13-14H,7-8,11-12,22H2,1-2H3/t13-,14+/m1/s1. The number of ether oxygens (including phenoxy) is 2. The predicted octanol–water partition coefficient (Wildman–Crippen LogP) is 2.49. The van der Waals surface area contributed by atoms with Crippen LogP contribution in [0.1, 0.15) is 13.8 Å². The molecule has 156 valence electrons. The van der Waals surface area contributed by atoms with Crippen molar-refractivity contribution < 1.29 is 13.9 Å². The summed E-state index contributed by atoms with van der Waals surface area (Å²) >= 11 is 0. The lowest BCUT2D eigenvalue weighted by Crippen LogP contribution is -2.41. The smallest absolute Gasteiger partial charge is 0.231 e. The molecule has 0 spiro atoms. The van der Waals surface area contributed by atoms with E-state index in [1.165, 1.54) is 0 Å². The van der Waals surface area contributed by atoms with E-state index >= 15 is 0 Å². The van der Waals surface area contributed by atoms with Gasteiger partial charge in [-0.2, -0.15) is 0 Å². The van der Waals surface area contributed by atoms with Crippen LogP contribution in [-0.2, 0) is 4.74 Å². The fourth-order valence-corrected chi connectivity index (χ4v) is 3.66. The lowest BCUT2D eigenvalue weighted by molar-refractivity contribution is 0.0530. The number of furan rings is 1. The predicted molar refractivity (Wildman–Crippen MR) is 113 cm³/mol. The molecule has 9 heteroatoms. The largest absolute Gasteiger partial charge is 0.475 e. The number of imidazole rings is 1. The number of fused-ring (bicyclic) bond motifs is 2. The second-order valence-corrected chi connectivity index (χ2v) is 7.66. The Bertz CT molecular complexity index is 1180. The van der Waals surface area contributed by atoms with Gasteiger partial charge >= 0.3 is 0 Å². The third-order valence-corrected chi connectivity index (χ3v) is 5.05. The zero-order valence-corrected chi connectivity index (χ0v) is 17.0. The first-order chi connectivity index (χ1) is 14.6. The lowest BCUT2D eigenvalue weighted by atomic mass is 10.2. The molecule has 0 aromatic carbocycles. The summed E-state index contributed by atoms with van der Waals surface area (Å²) in [6.45, 7) is 6.63. The van der Waals surface area contributed by atoms with Crippen LogP contribution in [0, 0.1) is 0 Å². The highest BCUT2D eigenvalue weighted by Gasteiger charge is 2.22. The molecule has 5 heterocycles. The fourth-order valence-electron chi connectivity index (χ4n) is 3.66. The third-order valence-electron chi connectivity index (χ3n) is 5.05. The normalized spacial score (nSPS) is 18.2. The summed E-state index contributed by atoms with van der Waals surface area (Å²) < 4.78 is 19.2. The summed E-state index contributed by atoms with van der Waals surface area (Å²) in [7, 11) is 0. The molecule has 4 aromatic rings. The van der Waals surface area contributed by atoms with Crippen molar-refractivity contribution in [3.8, 4) is 17.3 Å². The van der Waals surface area contributed by atoms with Gasteiger partial charge in [0.25, 0.3) is 0 Å². The monoisotopic (exact) mass is 408 g/mol. The van der Waals surface area contributed by atoms with Gasteiger partial charge in [0.15, 0.2) is 11.4 Å². The molecule has 0 bridgehead atoms. The molecule has 0 radical (unpaired) electrons. The van der Waals surface area contributed by atoms with E-state index < -0.39 is 0 Å². The van der Waals surface area contributed by atoms with Gasteiger partial charge in [0.2, 0.25) is 5.88 Å². The Hall–Kier alpha value is -3.17. The van der Waals surface area contributed by atoms with E-state index in [4.69, 9.17) is 19.6 Å². The van der Waals surface area contributed by atoms with Gasteiger partial charge in [-0.3, -0.25) is 0 Å². The van der Waals surface area contributed by atoms with Crippen LogP contribution >= 0.6 is 0 Å². The molecule has 1 fully saturated rings. The summed E-state index contributed by atoms with van der Waals surface area (Å²) in [6.07, 6.45) is 3.69. The second kappa shape index (κ2) is 7.58. The van der Waals surface area contributed by atoms with Crippen LogP contribution < -0.4 is 15.4 Å². The highest BCUT2D eigenvalue weighted by Crippen LogP contribution is 2.33. The number of morpholine rings is 1. The van der Waals surface area contributed by atoms with Gasteiger partial charge < -0.3 is 24.5 Å². The Balaban J connectivity index is 1.54. The van der Waals surface area contributed by atoms with Gasteiger partial charge in [-0.1, -0.05) is 0 Å². The Morgan fingerprint density at radius 3 is 3.03 bits per heavy atom. The summed E-state index contributed by atoms with van der Waals surface area (Å²) in [4.78, 5) is 11.3. The first-order valence-corrected chi connectivity index (χ1v) is 10.1. The first-order valence-electron chi connectivity index (χ1n) is 10.1. The van der Waals surface area contributed by atoms with Crippen molar-refractivity contribution >= 4 is 22.4 Å². The van der Waals surface area contributed by atoms with Crippen LogP contribution in [-0.4, -0.2) is 58.0 Å². The van der Waals surface area contributed by atoms with Crippen molar-refractivity contribution in [2.75, 3.05) is 31.2 Å². The maximum absolute atomic E-state index is 6.16. The molecular weight excluding hydrogens is 384 g/mol. The molecule has 5 rings (SSSR count). The van der Waals surface area contributed by atoms with E-state index in [0.717, 1.165) is 35.6 Å². The highest BCUT2D eigenvalue weighted by molar-refractivity contribution is 5.92. The van der Waals surface area contributed by atoms with E-state index in [0.29, 0.717) is 30.5 Å². The first kappa shape index (κ1) is 18.8. The van der Waals surface area contributed by atoms with Gasteiger partial charge in [-0.15, -0.1) is 5.10 Å². The lowest BCUT2D eigenvalue weighted by Gasteiger charge is -2.32. The molecule has 4 aromatic heterocycles. The van der Waals surface area contributed by atoms with Crippen LogP contribution in [0.15, 0.2) is 41.1 Å². The van der Waals surface area contributed by atoms with E-state index in [2.05, 4.69) is 26.9 Å². The average Bonchev–Trinajstić information content (AvgIpc) is 3.35. The van der Waals surface area contributed by atoms with Crippen molar-refractivity contribution in [2.45, 2.75) is 26.0 Å². The maximum atomic E-state index is 6.16. The van der Waals surface area contributed by atoms with E-state index in [-0.39, 0.29) is 12.1 Å². The molecule has 9 nitrogen and oxygen atoms in total. The van der Waals surface area contributed by atoms with Crippen molar-refractivity contribution in [3.63, 3.8) is 0 Å². The topological polar surface area (TPSA) is 104 Å². The summed E-state index contributed by atoms with van der Waals surface area (Å²) in [6, 6.07) is 7.44. The molecule has 1 aliphatic heterocycles. The van der Waals surface area contributed by atoms with E-state index in [1.807, 2.05) is 25.1 Å². The number of aromatic nitrogens is 4. The maximum Gasteiger partial charge on any atom is 0.231 e. The van der Waals surface area contributed by atoms with Crippen LogP contribution in [0.25, 0.3) is 28.1 Å². The van der Waals surface area contributed by atoms with Crippen LogP contribution in [0.2, 0.25) is 0 Å². The Labute approximate surface area is 173 Å².